The molecule has 1 aromatic rings. The first kappa shape index (κ1) is 15.4. The molecule has 0 heterocycles. The Labute approximate surface area is 111 Å². The van der Waals surface area contributed by atoms with Crippen molar-refractivity contribution in [1.29, 1.82) is 0 Å². The van der Waals surface area contributed by atoms with E-state index in [1.165, 1.54) is 23.1 Å². The highest BCUT2D eigenvalue weighted by Crippen LogP contribution is 2.24. The molecule has 4 nitrogen and oxygen atoms in total. The number of nitrogens with zero attached hydrogens (tertiary/aromatic N) is 1. The molecule has 0 atom stereocenters. The second-order valence-corrected chi connectivity index (χ2v) is 4.76. The van der Waals surface area contributed by atoms with Crippen LogP contribution < -0.4 is 10.5 Å². The number of para-hydroxylation sites is 1. The van der Waals surface area contributed by atoms with E-state index >= 15 is 0 Å². The van der Waals surface area contributed by atoms with Crippen molar-refractivity contribution in [2.45, 2.75) is 26.0 Å². The van der Waals surface area contributed by atoms with E-state index in [1.54, 1.807) is 27.0 Å². The maximum absolute atomic E-state index is 12.3. The van der Waals surface area contributed by atoms with Gasteiger partial charge in [-0.25, -0.2) is 0 Å². The van der Waals surface area contributed by atoms with Crippen molar-refractivity contribution in [3.05, 3.63) is 29.8 Å². The van der Waals surface area contributed by atoms with Crippen molar-refractivity contribution in [3.8, 4) is 5.75 Å². The van der Waals surface area contributed by atoms with E-state index in [9.17, 15) is 13.6 Å². The van der Waals surface area contributed by atoms with Gasteiger partial charge in [0.1, 0.15) is 5.75 Å². The molecule has 0 saturated carbocycles. The smallest absolute Gasteiger partial charge is 0.387 e. The molecule has 6 heteroatoms. The number of carbonyl (C=O) groups excluding carboxylic acids is 1. The van der Waals surface area contributed by atoms with Crippen LogP contribution in [0.2, 0.25) is 0 Å². The molecule has 0 radical (unpaired) electrons. The molecule has 0 aromatic heterocycles. The molecule has 1 amide bonds. The molecule has 0 unspecified atom stereocenters. The number of amides is 1. The van der Waals surface area contributed by atoms with Crippen LogP contribution in [-0.2, 0) is 0 Å². The summed E-state index contributed by atoms with van der Waals surface area (Å²) in [6.45, 7) is 0.873. The fourth-order valence-electron chi connectivity index (χ4n) is 1.43. The zero-order valence-electron chi connectivity index (χ0n) is 11.2. The maximum Gasteiger partial charge on any atom is 0.387 e. The number of hydrogen-bond acceptors (Lipinski definition) is 3. The molecule has 0 bridgehead atoms. The van der Waals surface area contributed by atoms with E-state index in [0.717, 1.165) is 0 Å². The van der Waals surface area contributed by atoms with Crippen LogP contribution in [0.25, 0.3) is 0 Å². The second kappa shape index (κ2) is 5.97. The molecular weight excluding hydrogens is 254 g/mol. The number of halogens is 2. The molecule has 1 rings (SSSR count). The summed E-state index contributed by atoms with van der Waals surface area (Å²) < 4.78 is 28.9. The Balaban J connectivity index is 3.06. The van der Waals surface area contributed by atoms with E-state index in [0.29, 0.717) is 0 Å². The Kier molecular flexibility index (Phi) is 4.83. The van der Waals surface area contributed by atoms with Crippen molar-refractivity contribution in [1.82, 2.24) is 4.90 Å². The van der Waals surface area contributed by atoms with Gasteiger partial charge in [0.25, 0.3) is 5.91 Å². The average Bonchev–Trinajstić information content (AvgIpc) is 2.37. The number of alkyl halides is 2. The highest BCUT2D eigenvalue weighted by Gasteiger charge is 2.28. The largest absolute Gasteiger partial charge is 0.434 e. The summed E-state index contributed by atoms with van der Waals surface area (Å²) in [5.74, 6) is -0.547. The first-order chi connectivity index (χ1) is 8.79. The Morgan fingerprint density at radius 3 is 2.53 bits per heavy atom. The summed E-state index contributed by atoms with van der Waals surface area (Å²) >= 11 is 0. The van der Waals surface area contributed by atoms with Crippen LogP contribution in [-0.4, -0.2) is 36.5 Å². The van der Waals surface area contributed by atoms with Crippen molar-refractivity contribution >= 4 is 5.91 Å². The summed E-state index contributed by atoms with van der Waals surface area (Å²) in [6.07, 6.45) is 0. The van der Waals surface area contributed by atoms with Gasteiger partial charge in [-0.3, -0.25) is 4.79 Å². The van der Waals surface area contributed by atoms with Gasteiger partial charge in [0, 0.05) is 19.1 Å². The fourth-order valence-corrected chi connectivity index (χ4v) is 1.43. The molecular formula is C13H18F2N2O2. The Bertz CT molecular complexity index is 450. The number of carbonyl (C=O) groups is 1. The first-order valence-corrected chi connectivity index (χ1v) is 5.81. The second-order valence-electron chi connectivity index (χ2n) is 4.76. The van der Waals surface area contributed by atoms with Gasteiger partial charge in [0.15, 0.2) is 0 Å². The van der Waals surface area contributed by atoms with Gasteiger partial charge in [0.2, 0.25) is 0 Å². The highest BCUT2D eigenvalue weighted by atomic mass is 19.3. The maximum atomic E-state index is 12.3. The Morgan fingerprint density at radius 2 is 2.00 bits per heavy atom. The van der Waals surface area contributed by atoms with Crippen LogP contribution in [0.5, 0.6) is 5.75 Å². The summed E-state index contributed by atoms with van der Waals surface area (Å²) in [4.78, 5) is 13.7. The van der Waals surface area contributed by atoms with Crippen LogP contribution >= 0.6 is 0 Å². The average molecular weight is 272 g/mol. The lowest BCUT2D eigenvalue weighted by atomic mass is 10.0. The standard InChI is InChI=1S/C13H18F2N2O2/c1-13(2,8-16)17(3)11(18)9-6-4-5-7-10(9)19-12(14)15/h4-7,12H,8,16H2,1-3H3. The minimum Gasteiger partial charge on any atom is -0.434 e. The van der Waals surface area contributed by atoms with Crippen LogP contribution in [0.3, 0.4) is 0 Å². The number of nitrogens with two attached hydrogens (primary N) is 1. The number of likely N-dealkylation sites (N-methyl/N-ethyl adjacent to an activating group) is 1. The van der Waals surface area contributed by atoms with Gasteiger partial charge in [0.05, 0.1) is 5.56 Å². The van der Waals surface area contributed by atoms with Crippen LogP contribution in [0.15, 0.2) is 24.3 Å². The van der Waals surface area contributed by atoms with Crippen LogP contribution in [0.4, 0.5) is 8.78 Å². The minimum atomic E-state index is -2.97. The summed E-state index contributed by atoms with van der Waals surface area (Å²) in [5.41, 5.74) is 5.11. The zero-order chi connectivity index (χ0) is 14.6. The Morgan fingerprint density at radius 1 is 1.42 bits per heavy atom. The van der Waals surface area contributed by atoms with Crippen molar-refractivity contribution in [2.75, 3.05) is 13.6 Å². The van der Waals surface area contributed by atoms with Crippen molar-refractivity contribution < 1.29 is 18.3 Å². The van der Waals surface area contributed by atoms with Crippen LogP contribution in [0, 0.1) is 0 Å². The Hall–Kier alpha value is -1.69. The lowest BCUT2D eigenvalue weighted by Crippen LogP contribution is -2.50. The number of hydrogen-bond donors (Lipinski definition) is 1. The van der Waals surface area contributed by atoms with E-state index < -0.39 is 18.1 Å². The highest BCUT2D eigenvalue weighted by molar-refractivity contribution is 5.97. The molecule has 0 aliphatic heterocycles. The van der Waals surface area contributed by atoms with Gasteiger partial charge >= 0.3 is 6.61 Å². The van der Waals surface area contributed by atoms with E-state index in [2.05, 4.69) is 4.74 Å². The van der Waals surface area contributed by atoms with E-state index in [4.69, 9.17) is 5.73 Å². The van der Waals surface area contributed by atoms with E-state index in [-0.39, 0.29) is 17.9 Å². The van der Waals surface area contributed by atoms with Gasteiger partial charge < -0.3 is 15.4 Å². The molecule has 0 fully saturated rings. The molecule has 1 aromatic carbocycles. The van der Waals surface area contributed by atoms with Gasteiger partial charge in [-0.15, -0.1) is 0 Å². The SMILES string of the molecule is CN(C(=O)c1ccccc1OC(F)F)C(C)(C)CN. The summed E-state index contributed by atoms with van der Waals surface area (Å²) in [7, 11) is 1.58. The predicted octanol–water partition coefficient (Wildman–Crippen LogP) is 2.10. The van der Waals surface area contributed by atoms with E-state index in [1.807, 2.05) is 0 Å². The number of rotatable bonds is 5. The lowest BCUT2D eigenvalue weighted by molar-refractivity contribution is -0.0503. The first-order valence-electron chi connectivity index (χ1n) is 5.81. The summed E-state index contributed by atoms with van der Waals surface area (Å²) in [6, 6.07) is 5.91. The topological polar surface area (TPSA) is 55.6 Å². The number of benzene rings is 1. The molecule has 2 N–H and O–H groups in total. The fraction of sp³-hybridized carbons (Fsp3) is 0.462. The van der Waals surface area contributed by atoms with Crippen molar-refractivity contribution in [2.24, 2.45) is 5.73 Å². The molecule has 19 heavy (non-hydrogen) atoms. The quantitative estimate of drug-likeness (QED) is 0.893. The molecule has 0 spiro atoms. The van der Waals surface area contributed by atoms with Gasteiger partial charge in [-0.05, 0) is 26.0 Å². The zero-order valence-corrected chi connectivity index (χ0v) is 11.2. The third-order valence-corrected chi connectivity index (χ3v) is 3.05. The third-order valence-electron chi connectivity index (χ3n) is 3.05. The normalized spacial score (nSPS) is 11.5. The third kappa shape index (κ3) is 3.64. The molecule has 106 valence electrons. The molecule has 0 saturated heterocycles. The van der Waals surface area contributed by atoms with Crippen molar-refractivity contribution in [3.63, 3.8) is 0 Å². The van der Waals surface area contributed by atoms with Crippen LogP contribution in [0.1, 0.15) is 24.2 Å². The summed E-state index contributed by atoms with van der Waals surface area (Å²) in [5, 5.41) is 0. The molecule has 0 aliphatic rings. The predicted molar refractivity (Wildman–Crippen MR) is 68.3 cm³/mol. The lowest BCUT2D eigenvalue weighted by Gasteiger charge is -2.34. The van der Waals surface area contributed by atoms with Gasteiger partial charge in [-0.2, -0.15) is 8.78 Å². The number of ether oxygens (including phenoxy) is 1. The molecule has 0 aliphatic carbocycles. The minimum absolute atomic E-state index is 0.0897. The monoisotopic (exact) mass is 272 g/mol. The van der Waals surface area contributed by atoms with Gasteiger partial charge in [-0.1, -0.05) is 12.1 Å².